The predicted octanol–water partition coefficient (Wildman–Crippen LogP) is 1.89. The van der Waals surface area contributed by atoms with Crippen molar-refractivity contribution in [2.45, 2.75) is 13.0 Å². The van der Waals surface area contributed by atoms with Crippen molar-refractivity contribution in [2.75, 3.05) is 13.1 Å². The van der Waals surface area contributed by atoms with Gasteiger partial charge in [-0.1, -0.05) is 17.7 Å². The minimum absolute atomic E-state index is 0.0505. The van der Waals surface area contributed by atoms with E-state index >= 15 is 0 Å². The first-order valence-corrected chi connectivity index (χ1v) is 6.13. The fourth-order valence-electron chi connectivity index (χ4n) is 1.97. The average Bonchev–Trinajstić information content (AvgIpc) is 2.88. The van der Waals surface area contributed by atoms with Gasteiger partial charge in [-0.3, -0.25) is 4.79 Å². The molecule has 0 radical (unpaired) electrons. The van der Waals surface area contributed by atoms with Crippen molar-refractivity contribution in [3.05, 3.63) is 48.2 Å². The van der Waals surface area contributed by atoms with Crippen LogP contribution in [0.1, 0.15) is 16.1 Å². The maximum absolute atomic E-state index is 11.9. The van der Waals surface area contributed by atoms with Crippen LogP contribution in [0.25, 0.3) is 0 Å². The molecule has 19 heavy (non-hydrogen) atoms. The smallest absolute Gasteiger partial charge is 0.291 e. The highest BCUT2D eigenvalue weighted by Crippen LogP contribution is 2.20. The lowest BCUT2D eigenvalue weighted by Gasteiger charge is -2.38. The summed E-state index contributed by atoms with van der Waals surface area (Å²) >= 11 is 0. The summed E-state index contributed by atoms with van der Waals surface area (Å²) in [6.45, 7) is 3.19. The fourth-order valence-corrected chi connectivity index (χ4v) is 1.97. The number of nitrogens with zero attached hydrogens (tertiary/aromatic N) is 2. The number of carbonyl (C=O) groups excluding carboxylic acids is 1. The van der Waals surface area contributed by atoms with E-state index in [4.69, 9.17) is 9.15 Å². The number of ether oxygens (including phenoxy) is 1. The maximum Gasteiger partial charge on any atom is 0.291 e. The number of benzene rings is 1. The van der Waals surface area contributed by atoms with Crippen LogP contribution in [0.3, 0.4) is 0 Å². The molecular weight excluding hydrogens is 244 g/mol. The molecule has 2 heterocycles. The number of likely N-dealkylation sites (tertiary alicyclic amines) is 1. The van der Waals surface area contributed by atoms with Gasteiger partial charge in [-0.2, -0.15) is 0 Å². The number of hydrogen-bond donors (Lipinski definition) is 0. The number of rotatable bonds is 3. The fraction of sp³-hybridized carbons (Fsp3) is 0.286. The van der Waals surface area contributed by atoms with Crippen LogP contribution >= 0.6 is 0 Å². The monoisotopic (exact) mass is 258 g/mol. The Bertz CT molecular complexity index is 557. The van der Waals surface area contributed by atoms with E-state index in [2.05, 4.69) is 4.98 Å². The summed E-state index contributed by atoms with van der Waals surface area (Å²) in [5, 5.41) is 0. The molecule has 0 atom stereocenters. The lowest BCUT2D eigenvalue weighted by atomic mass is 10.1. The van der Waals surface area contributed by atoms with Gasteiger partial charge in [0.2, 0.25) is 5.76 Å². The van der Waals surface area contributed by atoms with Crippen molar-refractivity contribution < 1.29 is 13.9 Å². The lowest BCUT2D eigenvalue weighted by Crippen LogP contribution is -2.56. The number of aryl methyl sites for hydroxylation is 1. The maximum atomic E-state index is 11.9. The molecule has 0 spiro atoms. The van der Waals surface area contributed by atoms with Gasteiger partial charge in [0.25, 0.3) is 5.91 Å². The predicted molar refractivity (Wildman–Crippen MR) is 68.0 cm³/mol. The quantitative estimate of drug-likeness (QED) is 0.843. The first-order valence-electron chi connectivity index (χ1n) is 6.13. The minimum atomic E-state index is -0.138. The first kappa shape index (κ1) is 11.8. The summed E-state index contributed by atoms with van der Waals surface area (Å²) in [4.78, 5) is 17.3. The second-order valence-corrected chi connectivity index (χ2v) is 4.63. The standard InChI is InChI=1S/C14H14N2O3/c1-10-2-4-11(5-3-10)19-12-7-16(8-12)14(17)13-6-15-9-18-13/h2-6,9,12H,7-8H2,1H3. The Morgan fingerprint density at radius 3 is 2.74 bits per heavy atom. The molecule has 1 saturated heterocycles. The van der Waals surface area contributed by atoms with Crippen LogP contribution in [-0.2, 0) is 0 Å². The number of amides is 1. The molecule has 1 fully saturated rings. The molecule has 1 amide bonds. The van der Waals surface area contributed by atoms with E-state index in [0.717, 1.165) is 5.75 Å². The van der Waals surface area contributed by atoms with Gasteiger partial charge in [0.1, 0.15) is 11.9 Å². The third kappa shape index (κ3) is 2.45. The Balaban J connectivity index is 1.53. The number of hydrogen-bond acceptors (Lipinski definition) is 4. The van der Waals surface area contributed by atoms with E-state index in [9.17, 15) is 4.79 Å². The van der Waals surface area contributed by atoms with E-state index < -0.39 is 0 Å². The molecule has 5 heteroatoms. The Kier molecular flexibility index (Phi) is 2.95. The van der Waals surface area contributed by atoms with Crippen molar-refractivity contribution in [3.8, 4) is 5.75 Å². The molecular formula is C14H14N2O3. The minimum Gasteiger partial charge on any atom is -0.487 e. The zero-order valence-electron chi connectivity index (χ0n) is 10.6. The van der Waals surface area contributed by atoms with Gasteiger partial charge in [0.15, 0.2) is 6.39 Å². The largest absolute Gasteiger partial charge is 0.487 e. The molecule has 98 valence electrons. The lowest BCUT2D eigenvalue weighted by molar-refractivity contribution is 0.0155. The van der Waals surface area contributed by atoms with Gasteiger partial charge in [-0.25, -0.2) is 4.98 Å². The Hall–Kier alpha value is -2.30. The topological polar surface area (TPSA) is 55.6 Å². The zero-order chi connectivity index (χ0) is 13.2. The second kappa shape index (κ2) is 4.76. The van der Waals surface area contributed by atoms with E-state index in [-0.39, 0.29) is 17.8 Å². The Morgan fingerprint density at radius 1 is 1.37 bits per heavy atom. The average molecular weight is 258 g/mol. The Morgan fingerprint density at radius 2 is 2.11 bits per heavy atom. The second-order valence-electron chi connectivity index (χ2n) is 4.63. The van der Waals surface area contributed by atoms with Crippen LogP contribution in [0.5, 0.6) is 5.75 Å². The van der Waals surface area contributed by atoms with Crippen LogP contribution in [0.2, 0.25) is 0 Å². The summed E-state index contributed by atoms with van der Waals surface area (Å²) in [5.74, 6) is 0.970. The molecule has 1 aromatic carbocycles. The molecule has 0 saturated carbocycles. The number of aromatic nitrogens is 1. The number of carbonyl (C=O) groups is 1. The highest BCUT2D eigenvalue weighted by molar-refractivity contribution is 5.91. The van der Waals surface area contributed by atoms with Crippen LogP contribution < -0.4 is 4.74 Å². The van der Waals surface area contributed by atoms with Crippen molar-refractivity contribution in [2.24, 2.45) is 0 Å². The third-order valence-corrected chi connectivity index (χ3v) is 3.10. The van der Waals surface area contributed by atoms with Crippen molar-refractivity contribution >= 4 is 5.91 Å². The van der Waals surface area contributed by atoms with Crippen LogP contribution in [0.15, 0.2) is 41.3 Å². The van der Waals surface area contributed by atoms with Crippen LogP contribution in [0, 0.1) is 6.92 Å². The molecule has 0 bridgehead atoms. The van der Waals surface area contributed by atoms with E-state index in [1.807, 2.05) is 31.2 Å². The summed E-state index contributed by atoms with van der Waals surface area (Å²) in [6.07, 6.45) is 2.73. The molecule has 3 rings (SSSR count). The van der Waals surface area contributed by atoms with Crippen molar-refractivity contribution in [1.29, 1.82) is 0 Å². The van der Waals surface area contributed by atoms with Gasteiger partial charge in [-0.15, -0.1) is 0 Å². The van der Waals surface area contributed by atoms with Gasteiger partial charge in [-0.05, 0) is 19.1 Å². The van der Waals surface area contributed by atoms with Gasteiger partial charge < -0.3 is 14.1 Å². The molecule has 1 aliphatic heterocycles. The van der Waals surface area contributed by atoms with Gasteiger partial charge in [0, 0.05) is 0 Å². The molecule has 2 aromatic rings. The third-order valence-electron chi connectivity index (χ3n) is 3.10. The molecule has 1 aliphatic rings. The Labute approximate surface area is 110 Å². The summed E-state index contributed by atoms with van der Waals surface area (Å²) in [7, 11) is 0. The normalized spacial score (nSPS) is 15.1. The summed E-state index contributed by atoms with van der Waals surface area (Å²) in [6, 6.07) is 7.89. The molecule has 1 aromatic heterocycles. The van der Waals surface area contributed by atoms with E-state index in [0.29, 0.717) is 13.1 Å². The number of oxazole rings is 1. The van der Waals surface area contributed by atoms with Gasteiger partial charge >= 0.3 is 0 Å². The first-order chi connectivity index (χ1) is 9.22. The SMILES string of the molecule is Cc1ccc(OC2CN(C(=O)c3cnco3)C2)cc1. The molecule has 0 aliphatic carbocycles. The zero-order valence-corrected chi connectivity index (χ0v) is 10.6. The summed E-state index contributed by atoms with van der Waals surface area (Å²) < 4.78 is 10.7. The highest BCUT2D eigenvalue weighted by Gasteiger charge is 2.34. The highest BCUT2D eigenvalue weighted by atomic mass is 16.5. The van der Waals surface area contributed by atoms with Crippen molar-refractivity contribution in [3.63, 3.8) is 0 Å². The molecule has 5 nitrogen and oxygen atoms in total. The van der Waals surface area contributed by atoms with Gasteiger partial charge in [0.05, 0.1) is 19.3 Å². The summed E-state index contributed by atoms with van der Waals surface area (Å²) in [5.41, 5.74) is 1.20. The molecule has 0 N–H and O–H groups in total. The van der Waals surface area contributed by atoms with E-state index in [1.54, 1.807) is 4.90 Å². The van der Waals surface area contributed by atoms with Crippen LogP contribution in [-0.4, -0.2) is 35.0 Å². The molecule has 0 unspecified atom stereocenters. The van der Waals surface area contributed by atoms with E-state index in [1.165, 1.54) is 18.2 Å². The van der Waals surface area contributed by atoms with Crippen molar-refractivity contribution in [1.82, 2.24) is 9.88 Å². The van der Waals surface area contributed by atoms with Crippen LogP contribution in [0.4, 0.5) is 0 Å².